The molecule has 4 rings (SSSR count). The zero-order chi connectivity index (χ0) is 28.7. The lowest BCUT2D eigenvalue weighted by molar-refractivity contribution is 0.103. The van der Waals surface area contributed by atoms with Crippen LogP contribution in [-0.4, -0.2) is 33.0 Å². The summed E-state index contributed by atoms with van der Waals surface area (Å²) in [5.74, 6) is -1.02. The summed E-state index contributed by atoms with van der Waals surface area (Å²) in [6, 6.07) is 11.0. The zero-order valence-corrected chi connectivity index (χ0v) is 24.3. The highest BCUT2D eigenvalue weighted by molar-refractivity contribution is 7.91. The fourth-order valence-corrected chi connectivity index (χ4v) is 6.80. The van der Waals surface area contributed by atoms with Crippen LogP contribution in [0, 0.1) is 5.82 Å². The van der Waals surface area contributed by atoms with Gasteiger partial charge in [-0.25, -0.2) is 21.7 Å². The number of sulfone groups is 1. The smallest absolute Gasteiger partial charge is 0.250 e. The van der Waals surface area contributed by atoms with Crippen molar-refractivity contribution in [2.75, 3.05) is 0 Å². The largest absolute Gasteiger partial charge is 0.318 e. The van der Waals surface area contributed by atoms with Crippen LogP contribution in [0.1, 0.15) is 73.6 Å². The average molecular weight is 573 g/mol. The molecule has 39 heavy (non-hydrogen) atoms. The van der Waals surface area contributed by atoms with Crippen molar-refractivity contribution >= 4 is 26.6 Å². The van der Waals surface area contributed by atoms with Crippen molar-refractivity contribution in [2.45, 2.75) is 62.3 Å². The molecule has 1 saturated carbocycles. The van der Waals surface area contributed by atoms with Crippen molar-refractivity contribution in [3.8, 4) is 11.1 Å². The minimum atomic E-state index is -3.34. The first-order valence-electron chi connectivity index (χ1n) is 12.7. The molecule has 2 aromatic carbocycles. The fourth-order valence-electron chi connectivity index (χ4n) is 4.26. The van der Waals surface area contributed by atoms with Crippen LogP contribution in [0.25, 0.3) is 11.1 Å². The molecule has 0 radical (unpaired) electrons. The average Bonchev–Trinajstić information content (AvgIpc) is 3.71. The first-order valence-corrected chi connectivity index (χ1v) is 15.6. The Balaban J connectivity index is 1.90. The van der Waals surface area contributed by atoms with Gasteiger partial charge in [-0.3, -0.25) is 9.59 Å². The van der Waals surface area contributed by atoms with Gasteiger partial charge in [-0.1, -0.05) is 12.1 Å². The molecular weight excluding hydrogens is 539 g/mol. The third-order valence-electron chi connectivity index (χ3n) is 6.69. The Hall–Kier alpha value is -2.95. The molecule has 1 N–H and O–H groups in total. The quantitative estimate of drug-likeness (QED) is 0.377. The Morgan fingerprint density at radius 2 is 1.74 bits per heavy atom. The van der Waals surface area contributed by atoms with Gasteiger partial charge in [0.15, 0.2) is 15.6 Å². The number of nitrogens with zero attached hydrogens (tertiary/aromatic N) is 1. The molecule has 3 aromatic rings. The number of carbonyl (C=O) groups excluding carboxylic acids is 1. The molecule has 0 amide bonds. The van der Waals surface area contributed by atoms with Crippen molar-refractivity contribution in [2.24, 2.45) is 7.05 Å². The number of pyridine rings is 1. The van der Waals surface area contributed by atoms with E-state index in [1.165, 1.54) is 34.9 Å². The SMILES string of the molecule is C[C@H](N[S@@](=O)C(C)(C)C)c1cc(=O)n(C)cc1-c1cc(CS(=O)(=O)C2CC2)ccc1C(=O)c1ccc(F)cc1. The number of carbonyl (C=O) groups is 1. The first kappa shape index (κ1) is 29.0. The molecule has 0 unspecified atom stereocenters. The van der Waals surface area contributed by atoms with Gasteiger partial charge in [-0.2, -0.15) is 0 Å². The van der Waals surface area contributed by atoms with E-state index < -0.39 is 37.4 Å². The number of hydrogen-bond donors (Lipinski definition) is 1. The highest BCUT2D eigenvalue weighted by Crippen LogP contribution is 2.35. The molecule has 10 heteroatoms. The minimum Gasteiger partial charge on any atom is -0.318 e. The summed E-state index contributed by atoms with van der Waals surface area (Å²) in [4.78, 5) is 26.3. The third-order valence-corrected chi connectivity index (χ3v) is 10.6. The highest BCUT2D eigenvalue weighted by Gasteiger charge is 2.35. The summed E-state index contributed by atoms with van der Waals surface area (Å²) < 4.78 is 55.9. The second kappa shape index (κ2) is 10.9. The van der Waals surface area contributed by atoms with Crippen molar-refractivity contribution < 1.29 is 21.8 Å². The molecule has 0 bridgehead atoms. The molecule has 0 saturated heterocycles. The second-order valence-corrected chi connectivity index (χ2v) is 15.3. The molecule has 208 valence electrons. The van der Waals surface area contributed by atoms with E-state index in [1.807, 2.05) is 20.8 Å². The Morgan fingerprint density at radius 1 is 1.10 bits per heavy atom. The molecule has 1 heterocycles. The molecule has 1 aliphatic carbocycles. The summed E-state index contributed by atoms with van der Waals surface area (Å²) in [5.41, 5.74) is 2.26. The predicted molar refractivity (Wildman–Crippen MR) is 152 cm³/mol. The van der Waals surface area contributed by atoms with E-state index >= 15 is 0 Å². The third kappa shape index (κ3) is 6.62. The van der Waals surface area contributed by atoms with Crippen molar-refractivity contribution in [1.82, 2.24) is 9.29 Å². The van der Waals surface area contributed by atoms with E-state index in [-0.39, 0.29) is 33.5 Å². The first-order chi connectivity index (χ1) is 18.2. The van der Waals surface area contributed by atoms with E-state index in [9.17, 15) is 26.6 Å². The van der Waals surface area contributed by atoms with Crippen molar-refractivity contribution in [3.63, 3.8) is 0 Å². The predicted octanol–water partition coefficient (Wildman–Crippen LogP) is 4.61. The van der Waals surface area contributed by atoms with Gasteiger partial charge in [-0.05, 0) is 87.6 Å². The molecular formula is C29H33FN2O5S2. The number of benzene rings is 2. The van der Waals surface area contributed by atoms with Gasteiger partial charge >= 0.3 is 0 Å². The number of aryl methyl sites for hydroxylation is 1. The molecule has 1 fully saturated rings. The number of nitrogens with one attached hydrogen (secondary N) is 1. The van der Waals surface area contributed by atoms with Crippen molar-refractivity contribution in [3.05, 3.63) is 93.2 Å². The van der Waals surface area contributed by atoms with E-state index in [1.54, 1.807) is 38.4 Å². The van der Waals surface area contributed by atoms with E-state index in [0.717, 1.165) is 0 Å². The minimum absolute atomic E-state index is 0.168. The standard InChI is InChI=1S/C29H33FN2O5S2/c1-18(31-38(35)29(2,3)4)24-15-27(33)32(5)16-26(24)25-14-19(17-39(36,37)22-11-12-22)6-13-23(25)28(34)20-7-9-21(30)10-8-20/h6-10,13-16,18,22,31H,11-12,17H2,1-5H3/t18-,38-/m0/s1. The summed E-state index contributed by atoms with van der Waals surface area (Å²) >= 11 is 0. The van der Waals surface area contributed by atoms with Gasteiger partial charge in [0.05, 0.1) is 26.7 Å². The second-order valence-electron chi connectivity index (χ2n) is 11.0. The monoisotopic (exact) mass is 572 g/mol. The maximum atomic E-state index is 13.6. The fraction of sp³-hybridized carbons (Fsp3) is 0.379. The Kier molecular flexibility index (Phi) is 8.12. The maximum Gasteiger partial charge on any atom is 0.250 e. The van der Waals surface area contributed by atoms with Crippen LogP contribution in [0.5, 0.6) is 0 Å². The normalized spacial score (nSPS) is 15.6. The molecule has 1 aliphatic rings. The number of hydrogen-bond acceptors (Lipinski definition) is 5. The van der Waals surface area contributed by atoms with Crippen LogP contribution < -0.4 is 10.3 Å². The Morgan fingerprint density at radius 3 is 2.33 bits per heavy atom. The summed E-state index contributed by atoms with van der Waals surface area (Å²) in [5, 5.41) is -0.341. The van der Waals surface area contributed by atoms with Crippen LogP contribution in [0.15, 0.2) is 59.5 Å². The molecule has 1 aromatic heterocycles. The van der Waals surface area contributed by atoms with Crippen LogP contribution in [0.4, 0.5) is 4.39 Å². The van der Waals surface area contributed by atoms with Crippen LogP contribution in [0.2, 0.25) is 0 Å². The summed E-state index contributed by atoms with van der Waals surface area (Å²) in [6.07, 6.45) is 2.90. The lowest BCUT2D eigenvalue weighted by atomic mass is 9.89. The van der Waals surface area contributed by atoms with Crippen LogP contribution in [-0.2, 0) is 33.6 Å². The lowest BCUT2D eigenvalue weighted by Gasteiger charge is -2.24. The van der Waals surface area contributed by atoms with Gasteiger partial charge < -0.3 is 4.57 Å². The number of halogens is 1. The molecule has 0 spiro atoms. The maximum absolute atomic E-state index is 13.6. The van der Waals surface area contributed by atoms with Gasteiger partial charge in [-0.15, -0.1) is 0 Å². The summed E-state index contributed by atoms with van der Waals surface area (Å²) in [6.45, 7) is 7.27. The molecule has 7 nitrogen and oxygen atoms in total. The molecule has 2 atom stereocenters. The van der Waals surface area contributed by atoms with Gasteiger partial charge in [0.2, 0.25) is 0 Å². The number of ketones is 1. The topological polar surface area (TPSA) is 102 Å². The number of rotatable bonds is 9. The van der Waals surface area contributed by atoms with Crippen LogP contribution in [0.3, 0.4) is 0 Å². The lowest BCUT2D eigenvalue weighted by Crippen LogP contribution is -2.35. The zero-order valence-electron chi connectivity index (χ0n) is 22.7. The Labute approximate surface area is 231 Å². The van der Waals surface area contributed by atoms with Gasteiger partial charge in [0.1, 0.15) is 5.82 Å². The van der Waals surface area contributed by atoms with Gasteiger partial charge in [0.25, 0.3) is 5.56 Å². The van der Waals surface area contributed by atoms with E-state index in [4.69, 9.17) is 0 Å². The number of aromatic nitrogens is 1. The Bertz CT molecular complexity index is 1600. The van der Waals surface area contributed by atoms with Crippen LogP contribution >= 0.6 is 0 Å². The van der Waals surface area contributed by atoms with E-state index in [2.05, 4.69) is 4.72 Å². The summed E-state index contributed by atoms with van der Waals surface area (Å²) in [7, 11) is -3.20. The highest BCUT2D eigenvalue weighted by atomic mass is 32.2. The van der Waals surface area contributed by atoms with E-state index in [0.29, 0.717) is 35.1 Å². The molecule has 0 aliphatic heterocycles. The van der Waals surface area contributed by atoms with Crippen molar-refractivity contribution in [1.29, 1.82) is 0 Å². The van der Waals surface area contributed by atoms with Gasteiger partial charge in [0, 0.05) is 42.0 Å².